The summed E-state index contributed by atoms with van der Waals surface area (Å²) >= 11 is 6.16. The Bertz CT molecular complexity index is 834. The van der Waals surface area contributed by atoms with Crippen LogP contribution in [0.2, 0.25) is 5.02 Å². The maximum absolute atomic E-state index is 12.4. The number of amides is 1. The van der Waals surface area contributed by atoms with Crippen molar-refractivity contribution in [2.75, 3.05) is 0 Å². The van der Waals surface area contributed by atoms with Gasteiger partial charge in [-0.25, -0.2) is 5.43 Å². The van der Waals surface area contributed by atoms with Gasteiger partial charge in [-0.2, -0.15) is 5.10 Å². The molecule has 136 valence electrons. The van der Waals surface area contributed by atoms with E-state index in [-0.39, 0.29) is 17.2 Å². The topological polar surface area (TPSA) is 41.5 Å². The largest absolute Gasteiger partial charge is 0.273 e. The van der Waals surface area contributed by atoms with Gasteiger partial charge in [0.2, 0.25) is 5.91 Å². The van der Waals surface area contributed by atoms with Gasteiger partial charge < -0.3 is 0 Å². The molecule has 4 heteroatoms. The number of nitrogens with zero attached hydrogens (tertiary/aromatic N) is 1. The van der Waals surface area contributed by atoms with Crippen molar-refractivity contribution in [3.05, 3.63) is 70.2 Å². The van der Waals surface area contributed by atoms with Crippen LogP contribution in [0.3, 0.4) is 0 Å². The van der Waals surface area contributed by atoms with E-state index in [1.165, 1.54) is 11.1 Å². The second kappa shape index (κ2) is 7.24. The fourth-order valence-electron chi connectivity index (χ4n) is 3.12. The minimum atomic E-state index is -0.0266. The molecule has 0 heterocycles. The molecule has 1 aliphatic rings. The summed E-state index contributed by atoms with van der Waals surface area (Å²) < 4.78 is 0. The third-order valence-corrected chi connectivity index (χ3v) is 5.26. The molecule has 0 aliphatic heterocycles. The summed E-state index contributed by atoms with van der Waals surface area (Å²) in [6, 6.07) is 16.1. The lowest BCUT2D eigenvalue weighted by molar-refractivity contribution is -0.122. The molecule has 1 amide bonds. The Kier molecular flexibility index (Phi) is 5.19. The van der Waals surface area contributed by atoms with Gasteiger partial charge >= 0.3 is 0 Å². The quantitative estimate of drug-likeness (QED) is 0.578. The highest BCUT2D eigenvalue weighted by Gasteiger charge is 2.44. The number of carbonyl (C=O) groups excluding carboxylic acids is 1. The average molecular weight is 369 g/mol. The summed E-state index contributed by atoms with van der Waals surface area (Å²) in [5.74, 6) is 0.263. The maximum atomic E-state index is 12.4. The molecule has 2 aromatic carbocycles. The van der Waals surface area contributed by atoms with Crippen LogP contribution < -0.4 is 5.43 Å². The number of hydrazone groups is 1. The van der Waals surface area contributed by atoms with E-state index in [1.807, 2.05) is 31.2 Å². The summed E-state index contributed by atoms with van der Waals surface area (Å²) in [4.78, 5) is 12.4. The van der Waals surface area contributed by atoms with Gasteiger partial charge in [0, 0.05) is 16.5 Å². The zero-order valence-corrected chi connectivity index (χ0v) is 16.5. The van der Waals surface area contributed by atoms with Gasteiger partial charge in [0.25, 0.3) is 0 Å². The molecular formula is C22H25ClN2O. The fourth-order valence-corrected chi connectivity index (χ4v) is 3.39. The van der Waals surface area contributed by atoms with Crippen molar-refractivity contribution in [3.8, 4) is 0 Å². The summed E-state index contributed by atoms with van der Waals surface area (Å²) in [5, 5.41) is 4.85. The summed E-state index contributed by atoms with van der Waals surface area (Å²) in [5.41, 5.74) is 6.91. The number of rotatable bonds is 4. The highest BCUT2D eigenvalue weighted by molar-refractivity contribution is 6.34. The highest BCUT2D eigenvalue weighted by atomic mass is 35.5. The van der Waals surface area contributed by atoms with Crippen molar-refractivity contribution >= 4 is 23.2 Å². The molecule has 0 unspecified atom stereocenters. The van der Waals surface area contributed by atoms with Crippen molar-refractivity contribution in [1.82, 2.24) is 5.43 Å². The smallest absolute Gasteiger partial charge is 0.243 e. The molecule has 1 aliphatic carbocycles. The van der Waals surface area contributed by atoms with Gasteiger partial charge in [0.05, 0.1) is 5.71 Å². The van der Waals surface area contributed by atoms with Crippen LogP contribution in [0.25, 0.3) is 0 Å². The van der Waals surface area contributed by atoms with Crippen LogP contribution >= 0.6 is 11.6 Å². The van der Waals surface area contributed by atoms with E-state index >= 15 is 0 Å². The molecular weight excluding hydrogens is 344 g/mol. The van der Waals surface area contributed by atoms with E-state index in [0.29, 0.717) is 16.7 Å². The average Bonchev–Trinajstić information content (AvgIpc) is 3.40. The van der Waals surface area contributed by atoms with Gasteiger partial charge in [-0.15, -0.1) is 0 Å². The molecule has 0 aromatic heterocycles. The van der Waals surface area contributed by atoms with E-state index in [2.05, 4.69) is 55.6 Å². The maximum Gasteiger partial charge on any atom is 0.243 e. The van der Waals surface area contributed by atoms with E-state index in [1.54, 1.807) is 0 Å². The van der Waals surface area contributed by atoms with E-state index in [0.717, 1.165) is 12.0 Å². The van der Waals surface area contributed by atoms with Crippen molar-refractivity contribution in [2.45, 2.75) is 45.4 Å². The first-order valence-electron chi connectivity index (χ1n) is 8.97. The van der Waals surface area contributed by atoms with E-state index in [4.69, 9.17) is 11.6 Å². The van der Waals surface area contributed by atoms with Crippen LogP contribution in [0.4, 0.5) is 0 Å². The molecule has 3 nitrogen and oxygen atoms in total. The monoisotopic (exact) mass is 368 g/mol. The van der Waals surface area contributed by atoms with Gasteiger partial charge in [0.1, 0.15) is 0 Å². The van der Waals surface area contributed by atoms with Crippen LogP contribution in [0, 0.1) is 5.92 Å². The lowest BCUT2D eigenvalue weighted by Crippen LogP contribution is -2.21. The van der Waals surface area contributed by atoms with Crippen molar-refractivity contribution in [2.24, 2.45) is 11.0 Å². The Balaban J connectivity index is 1.61. The zero-order chi connectivity index (χ0) is 18.9. The lowest BCUT2D eigenvalue weighted by Gasteiger charge is -2.19. The summed E-state index contributed by atoms with van der Waals surface area (Å²) in [6.07, 6.45) is 0.876. The minimum Gasteiger partial charge on any atom is -0.273 e. The van der Waals surface area contributed by atoms with Gasteiger partial charge in [0.15, 0.2) is 0 Å². The summed E-state index contributed by atoms with van der Waals surface area (Å²) in [6.45, 7) is 8.45. The molecule has 2 atom stereocenters. The SMILES string of the molecule is C/C(=N/NC(=O)[C@H]1C[C@@H]1c1ccc(C(C)(C)C)cc1)c1ccccc1Cl. The highest BCUT2D eigenvalue weighted by Crippen LogP contribution is 2.47. The molecule has 0 bridgehead atoms. The normalized spacial score (nSPS) is 20.0. The number of benzene rings is 2. The molecule has 0 spiro atoms. The van der Waals surface area contributed by atoms with Crippen molar-refractivity contribution in [3.63, 3.8) is 0 Å². The van der Waals surface area contributed by atoms with Gasteiger partial charge in [-0.1, -0.05) is 74.8 Å². The first kappa shape index (κ1) is 18.7. The molecule has 1 saturated carbocycles. The lowest BCUT2D eigenvalue weighted by atomic mass is 9.86. The summed E-state index contributed by atoms with van der Waals surface area (Å²) in [7, 11) is 0. The number of carbonyl (C=O) groups is 1. The van der Waals surface area contributed by atoms with Crippen molar-refractivity contribution in [1.29, 1.82) is 0 Å². The first-order valence-corrected chi connectivity index (χ1v) is 9.34. The van der Waals surface area contributed by atoms with E-state index in [9.17, 15) is 4.79 Å². The number of hydrogen-bond donors (Lipinski definition) is 1. The Labute approximate surface area is 160 Å². The predicted octanol–water partition coefficient (Wildman–Crippen LogP) is 5.28. The van der Waals surface area contributed by atoms with Gasteiger partial charge in [-0.3, -0.25) is 4.79 Å². The molecule has 3 rings (SSSR count). The Morgan fingerprint density at radius 3 is 2.38 bits per heavy atom. The van der Waals surface area contributed by atoms with Crippen LogP contribution in [0.5, 0.6) is 0 Å². The third kappa shape index (κ3) is 4.16. The molecule has 0 saturated heterocycles. The van der Waals surface area contributed by atoms with Crippen LogP contribution in [-0.4, -0.2) is 11.6 Å². The second-order valence-corrected chi connectivity index (χ2v) is 8.38. The van der Waals surface area contributed by atoms with Crippen molar-refractivity contribution < 1.29 is 4.79 Å². The third-order valence-electron chi connectivity index (χ3n) is 4.93. The van der Waals surface area contributed by atoms with Crippen LogP contribution in [0.15, 0.2) is 53.6 Å². The Hall–Kier alpha value is -2.13. The van der Waals surface area contributed by atoms with Gasteiger partial charge in [-0.05, 0) is 41.9 Å². The Morgan fingerprint density at radius 1 is 1.12 bits per heavy atom. The molecule has 0 radical (unpaired) electrons. The molecule has 1 N–H and O–H groups in total. The van der Waals surface area contributed by atoms with Crippen LogP contribution in [0.1, 0.15) is 56.7 Å². The standard InChI is InChI=1S/C22H25ClN2O/c1-14(17-7-5-6-8-20(17)23)24-25-21(26)19-13-18(19)15-9-11-16(12-10-15)22(2,3)4/h5-12,18-19H,13H2,1-4H3,(H,25,26)/b24-14-/t18-,19+/m1/s1. The molecule has 1 fully saturated rings. The second-order valence-electron chi connectivity index (χ2n) is 7.97. The fraction of sp³-hybridized carbons (Fsp3) is 0.364. The number of hydrogen-bond acceptors (Lipinski definition) is 2. The number of nitrogens with one attached hydrogen (secondary N) is 1. The molecule has 2 aromatic rings. The van der Waals surface area contributed by atoms with E-state index < -0.39 is 0 Å². The molecule has 26 heavy (non-hydrogen) atoms. The number of halogens is 1. The Morgan fingerprint density at radius 2 is 1.77 bits per heavy atom. The first-order chi connectivity index (χ1) is 12.3. The zero-order valence-electron chi connectivity index (χ0n) is 15.7. The van der Waals surface area contributed by atoms with Crippen LogP contribution in [-0.2, 0) is 10.2 Å². The predicted molar refractivity (Wildman–Crippen MR) is 108 cm³/mol. The minimum absolute atomic E-state index is 0.00159.